The van der Waals surface area contributed by atoms with Crippen molar-refractivity contribution in [1.29, 1.82) is 0 Å². The van der Waals surface area contributed by atoms with Crippen LogP contribution in [0.3, 0.4) is 0 Å². The summed E-state index contributed by atoms with van der Waals surface area (Å²) in [4.78, 5) is 8.20. The Bertz CT molecular complexity index is 562. The third-order valence-electron chi connectivity index (χ3n) is 2.59. The number of anilines is 1. The lowest BCUT2D eigenvalue weighted by Gasteiger charge is -2.10. The van der Waals surface area contributed by atoms with Crippen molar-refractivity contribution in [3.63, 3.8) is 0 Å². The number of rotatable bonds is 5. The normalized spacial score (nSPS) is 10.3. The number of methoxy groups -OCH3 is 1. The highest BCUT2D eigenvalue weighted by Gasteiger charge is 2.05. The fraction of sp³-hybridized carbons (Fsp3) is 0.231. The van der Waals surface area contributed by atoms with Crippen LogP contribution in [0.5, 0.6) is 5.75 Å². The van der Waals surface area contributed by atoms with Gasteiger partial charge in [0.15, 0.2) is 0 Å². The number of hydrogen-bond donors (Lipinski definition) is 2. The largest absolute Gasteiger partial charge is 0.496 e. The maximum atomic E-state index is 13.2. The standard InChI is InChI=1S/C13H15FN4O/c1-19-11-3-2-10(14)6-9(11)8-17-12-4-5-16-13(7-15)18-12/h2-6H,7-8,15H2,1H3,(H,16,17,18). The minimum Gasteiger partial charge on any atom is -0.496 e. The molecule has 3 N–H and O–H groups in total. The molecule has 0 aliphatic carbocycles. The van der Waals surface area contributed by atoms with Gasteiger partial charge in [0.2, 0.25) is 0 Å². The SMILES string of the molecule is COc1ccc(F)cc1CNc1ccnc(CN)n1. The minimum atomic E-state index is -0.303. The molecule has 1 heterocycles. The topological polar surface area (TPSA) is 73.1 Å². The molecule has 0 fully saturated rings. The van der Waals surface area contributed by atoms with E-state index >= 15 is 0 Å². The molecule has 0 atom stereocenters. The van der Waals surface area contributed by atoms with Gasteiger partial charge in [-0.25, -0.2) is 14.4 Å². The van der Waals surface area contributed by atoms with E-state index in [2.05, 4.69) is 15.3 Å². The second-order valence-electron chi connectivity index (χ2n) is 3.87. The summed E-state index contributed by atoms with van der Waals surface area (Å²) in [5.41, 5.74) is 6.19. The molecule has 6 heteroatoms. The van der Waals surface area contributed by atoms with Gasteiger partial charge in [-0.3, -0.25) is 0 Å². The number of aromatic nitrogens is 2. The molecule has 0 saturated carbocycles. The van der Waals surface area contributed by atoms with E-state index in [1.54, 1.807) is 25.4 Å². The van der Waals surface area contributed by atoms with E-state index in [0.29, 0.717) is 23.9 Å². The highest BCUT2D eigenvalue weighted by molar-refractivity contribution is 5.39. The quantitative estimate of drug-likeness (QED) is 0.858. The first-order valence-corrected chi connectivity index (χ1v) is 5.81. The third-order valence-corrected chi connectivity index (χ3v) is 2.59. The molecule has 0 spiro atoms. The molecule has 2 aromatic rings. The van der Waals surface area contributed by atoms with Gasteiger partial charge in [-0.2, -0.15) is 0 Å². The Morgan fingerprint density at radius 2 is 2.21 bits per heavy atom. The first-order chi connectivity index (χ1) is 9.22. The first kappa shape index (κ1) is 13.2. The van der Waals surface area contributed by atoms with E-state index in [0.717, 1.165) is 5.56 Å². The van der Waals surface area contributed by atoms with Gasteiger partial charge in [0, 0.05) is 18.3 Å². The average Bonchev–Trinajstić information content (AvgIpc) is 2.45. The summed E-state index contributed by atoms with van der Waals surface area (Å²) in [6.45, 7) is 0.681. The molecule has 2 rings (SSSR count). The fourth-order valence-corrected chi connectivity index (χ4v) is 1.67. The van der Waals surface area contributed by atoms with Crippen LogP contribution in [0.25, 0.3) is 0 Å². The number of ether oxygens (including phenoxy) is 1. The number of nitrogens with zero attached hydrogens (tertiary/aromatic N) is 2. The Balaban J connectivity index is 2.11. The molecular formula is C13H15FN4O. The van der Waals surface area contributed by atoms with Crippen LogP contribution < -0.4 is 15.8 Å². The Morgan fingerprint density at radius 1 is 1.37 bits per heavy atom. The van der Waals surface area contributed by atoms with Crippen LogP contribution >= 0.6 is 0 Å². The predicted octanol–water partition coefficient (Wildman–Crippen LogP) is 1.70. The lowest BCUT2D eigenvalue weighted by Crippen LogP contribution is -2.07. The Kier molecular flexibility index (Phi) is 4.25. The lowest BCUT2D eigenvalue weighted by atomic mass is 10.2. The van der Waals surface area contributed by atoms with Crippen LogP contribution in [0.2, 0.25) is 0 Å². The van der Waals surface area contributed by atoms with Crippen molar-refractivity contribution < 1.29 is 9.13 Å². The summed E-state index contributed by atoms with van der Waals surface area (Å²) >= 11 is 0. The van der Waals surface area contributed by atoms with Gasteiger partial charge in [-0.1, -0.05) is 0 Å². The van der Waals surface area contributed by atoms with E-state index in [1.165, 1.54) is 12.1 Å². The van der Waals surface area contributed by atoms with Crippen molar-refractivity contribution in [2.75, 3.05) is 12.4 Å². The van der Waals surface area contributed by atoms with E-state index in [-0.39, 0.29) is 12.4 Å². The smallest absolute Gasteiger partial charge is 0.144 e. The van der Waals surface area contributed by atoms with Crippen LogP contribution in [-0.4, -0.2) is 17.1 Å². The molecule has 100 valence electrons. The van der Waals surface area contributed by atoms with Gasteiger partial charge in [-0.05, 0) is 24.3 Å². The van der Waals surface area contributed by atoms with Gasteiger partial charge in [0.1, 0.15) is 23.2 Å². The lowest BCUT2D eigenvalue weighted by molar-refractivity contribution is 0.409. The molecular weight excluding hydrogens is 247 g/mol. The van der Waals surface area contributed by atoms with Gasteiger partial charge < -0.3 is 15.8 Å². The fourth-order valence-electron chi connectivity index (χ4n) is 1.67. The molecule has 0 radical (unpaired) electrons. The minimum absolute atomic E-state index is 0.277. The number of halogens is 1. The van der Waals surface area contributed by atoms with Gasteiger partial charge in [0.25, 0.3) is 0 Å². The summed E-state index contributed by atoms with van der Waals surface area (Å²) in [5.74, 6) is 1.52. The number of benzene rings is 1. The van der Waals surface area contributed by atoms with Crippen LogP contribution in [0.4, 0.5) is 10.2 Å². The summed E-state index contributed by atoms with van der Waals surface area (Å²) in [7, 11) is 1.55. The molecule has 5 nitrogen and oxygen atoms in total. The monoisotopic (exact) mass is 262 g/mol. The van der Waals surface area contributed by atoms with Crippen LogP contribution in [-0.2, 0) is 13.1 Å². The van der Waals surface area contributed by atoms with Crippen LogP contribution in [0.1, 0.15) is 11.4 Å². The molecule has 1 aromatic heterocycles. The molecule has 19 heavy (non-hydrogen) atoms. The highest BCUT2D eigenvalue weighted by Crippen LogP contribution is 2.20. The zero-order chi connectivity index (χ0) is 13.7. The van der Waals surface area contributed by atoms with Gasteiger partial charge >= 0.3 is 0 Å². The summed E-state index contributed by atoms with van der Waals surface area (Å²) in [6, 6.07) is 6.11. The number of hydrogen-bond acceptors (Lipinski definition) is 5. The Morgan fingerprint density at radius 3 is 2.95 bits per heavy atom. The molecule has 0 amide bonds. The van der Waals surface area contributed by atoms with Crippen molar-refractivity contribution in [1.82, 2.24) is 9.97 Å². The molecule has 0 aliphatic heterocycles. The second kappa shape index (κ2) is 6.10. The Labute approximate surface area is 110 Å². The van der Waals surface area contributed by atoms with Crippen molar-refractivity contribution in [2.24, 2.45) is 5.73 Å². The van der Waals surface area contributed by atoms with Crippen molar-refractivity contribution >= 4 is 5.82 Å². The van der Waals surface area contributed by atoms with E-state index in [1.807, 2.05) is 0 Å². The molecule has 0 aliphatic rings. The van der Waals surface area contributed by atoms with Crippen molar-refractivity contribution in [3.8, 4) is 5.75 Å². The van der Waals surface area contributed by atoms with Crippen molar-refractivity contribution in [2.45, 2.75) is 13.1 Å². The molecule has 0 saturated heterocycles. The highest BCUT2D eigenvalue weighted by atomic mass is 19.1. The predicted molar refractivity (Wildman–Crippen MR) is 70.2 cm³/mol. The number of nitrogens with two attached hydrogens (primary N) is 1. The van der Waals surface area contributed by atoms with Crippen LogP contribution in [0.15, 0.2) is 30.5 Å². The average molecular weight is 262 g/mol. The second-order valence-corrected chi connectivity index (χ2v) is 3.87. The summed E-state index contributed by atoms with van der Waals surface area (Å²) < 4.78 is 18.4. The first-order valence-electron chi connectivity index (χ1n) is 5.81. The zero-order valence-corrected chi connectivity index (χ0v) is 10.6. The van der Waals surface area contributed by atoms with Gasteiger partial charge in [0.05, 0.1) is 13.7 Å². The summed E-state index contributed by atoms with van der Waals surface area (Å²) in [5, 5.41) is 3.08. The third kappa shape index (κ3) is 3.38. The molecule has 0 bridgehead atoms. The molecule has 0 unspecified atom stereocenters. The Hall–Kier alpha value is -2.21. The van der Waals surface area contributed by atoms with Crippen LogP contribution in [0, 0.1) is 5.82 Å². The number of nitrogens with one attached hydrogen (secondary N) is 1. The maximum Gasteiger partial charge on any atom is 0.144 e. The maximum absolute atomic E-state index is 13.2. The molecule has 1 aromatic carbocycles. The zero-order valence-electron chi connectivity index (χ0n) is 10.6. The van der Waals surface area contributed by atoms with E-state index < -0.39 is 0 Å². The summed E-state index contributed by atoms with van der Waals surface area (Å²) in [6.07, 6.45) is 1.63. The van der Waals surface area contributed by atoms with E-state index in [4.69, 9.17) is 10.5 Å². The van der Waals surface area contributed by atoms with Gasteiger partial charge in [-0.15, -0.1) is 0 Å². The van der Waals surface area contributed by atoms with E-state index in [9.17, 15) is 4.39 Å². The van der Waals surface area contributed by atoms with Crippen molar-refractivity contribution in [3.05, 3.63) is 47.7 Å².